The Labute approximate surface area is 182 Å². The van der Waals surface area contributed by atoms with E-state index in [1.54, 1.807) is 0 Å². The minimum absolute atomic E-state index is 0.0532. The zero-order valence-electron chi connectivity index (χ0n) is 17.4. The fourth-order valence-electron chi connectivity index (χ4n) is 3.04. The largest absolute Gasteiger partial charge is 0.492 e. The second-order valence-corrected chi connectivity index (χ2v) is 9.09. The molecule has 0 spiro atoms. The number of amides is 1. The Morgan fingerprint density at radius 2 is 1.81 bits per heavy atom. The molecule has 2 aromatic rings. The van der Waals surface area contributed by atoms with Crippen molar-refractivity contribution < 1.29 is 29.0 Å². The molecule has 5 nitrogen and oxygen atoms in total. The third-order valence-electron chi connectivity index (χ3n) is 4.54. The first-order valence-corrected chi connectivity index (χ1v) is 11.4. The molecule has 0 atom stereocenters. The standard InChI is InChI=1S/C19H16F5N3O2S.C2H6/c1-11(19(26)28)10-27-17-8-15(18-14(6-7-29-18)16(17)9-25)12-2-4-13(5-3-12)30(20,21,22,23)24;1-2/h2-5,8,27H,1,6-7,10H2,(H2,26,28);1-2H3. The zero-order chi connectivity index (χ0) is 24.4. The number of hydrogen-bond acceptors (Lipinski definition) is 4. The van der Waals surface area contributed by atoms with Gasteiger partial charge in [0.2, 0.25) is 5.91 Å². The topological polar surface area (TPSA) is 88.1 Å². The van der Waals surface area contributed by atoms with Gasteiger partial charge in [-0.3, -0.25) is 4.79 Å². The predicted octanol–water partition coefficient (Wildman–Crippen LogP) is 6.30. The molecular formula is C21H22F5N3O2S. The number of nitrogens with zero attached hydrogens (tertiary/aromatic N) is 1. The van der Waals surface area contributed by atoms with Crippen LogP contribution in [0, 0.1) is 11.3 Å². The van der Waals surface area contributed by atoms with E-state index in [2.05, 4.69) is 11.9 Å². The van der Waals surface area contributed by atoms with E-state index in [-0.39, 0.29) is 35.5 Å². The van der Waals surface area contributed by atoms with Gasteiger partial charge >= 0.3 is 10.2 Å². The van der Waals surface area contributed by atoms with Crippen LogP contribution >= 0.6 is 10.2 Å². The molecule has 3 rings (SSSR count). The Morgan fingerprint density at radius 1 is 1.22 bits per heavy atom. The second-order valence-electron chi connectivity index (χ2n) is 6.68. The smallest absolute Gasteiger partial charge is 0.310 e. The summed E-state index contributed by atoms with van der Waals surface area (Å²) in [4.78, 5) is 9.16. The maximum atomic E-state index is 13.0. The van der Waals surface area contributed by atoms with Gasteiger partial charge in [0.25, 0.3) is 0 Å². The molecule has 0 saturated heterocycles. The Kier molecular flexibility index (Phi) is 6.26. The van der Waals surface area contributed by atoms with Crippen LogP contribution in [0.1, 0.15) is 25.0 Å². The molecule has 0 aliphatic carbocycles. The van der Waals surface area contributed by atoms with Crippen LogP contribution in [0.2, 0.25) is 0 Å². The molecular weight excluding hydrogens is 453 g/mol. The minimum Gasteiger partial charge on any atom is -0.492 e. The van der Waals surface area contributed by atoms with Crippen molar-refractivity contribution in [1.29, 1.82) is 5.26 Å². The maximum Gasteiger partial charge on any atom is 0.310 e. The number of nitrogens with two attached hydrogens (primary N) is 1. The van der Waals surface area contributed by atoms with Gasteiger partial charge in [0, 0.05) is 29.7 Å². The van der Waals surface area contributed by atoms with Gasteiger partial charge in [-0.1, -0.05) is 52.0 Å². The van der Waals surface area contributed by atoms with Crippen molar-refractivity contribution in [1.82, 2.24) is 0 Å². The molecule has 11 heteroatoms. The van der Waals surface area contributed by atoms with Crippen molar-refractivity contribution in [3.63, 3.8) is 0 Å². The third kappa shape index (κ3) is 5.31. The van der Waals surface area contributed by atoms with Crippen LogP contribution in [0.4, 0.5) is 25.1 Å². The maximum absolute atomic E-state index is 13.0. The molecule has 0 saturated carbocycles. The summed E-state index contributed by atoms with van der Waals surface area (Å²) < 4.78 is 70.5. The third-order valence-corrected chi connectivity index (χ3v) is 5.70. The van der Waals surface area contributed by atoms with E-state index in [1.165, 1.54) is 6.07 Å². The number of ether oxygens (including phenoxy) is 1. The Bertz CT molecular complexity index is 1110. The van der Waals surface area contributed by atoms with Crippen LogP contribution in [-0.4, -0.2) is 19.1 Å². The quantitative estimate of drug-likeness (QED) is 0.379. The number of benzene rings is 2. The summed E-state index contributed by atoms with van der Waals surface area (Å²) in [6, 6.07) is 5.96. The lowest BCUT2D eigenvalue weighted by molar-refractivity contribution is -0.114. The van der Waals surface area contributed by atoms with Gasteiger partial charge in [0.05, 0.1) is 17.9 Å². The molecule has 0 fully saturated rings. The fourth-order valence-corrected chi connectivity index (χ4v) is 3.69. The van der Waals surface area contributed by atoms with Crippen molar-refractivity contribution >= 4 is 21.8 Å². The first-order chi connectivity index (χ1) is 14.7. The SMILES string of the molecule is C=C(CNc1cc(-c2ccc(S(F)(F)(F)(F)F)cc2)c2c(c1C#N)CCO2)C(N)=O.CC. The molecule has 2 aromatic carbocycles. The number of hydrogen-bond donors (Lipinski definition) is 2. The highest BCUT2D eigenvalue weighted by Crippen LogP contribution is 3.02. The van der Waals surface area contributed by atoms with E-state index in [1.807, 2.05) is 19.9 Å². The van der Waals surface area contributed by atoms with E-state index >= 15 is 0 Å². The number of rotatable bonds is 6. The molecule has 1 amide bonds. The monoisotopic (exact) mass is 475 g/mol. The van der Waals surface area contributed by atoms with Gasteiger partial charge in [0.15, 0.2) is 0 Å². The number of fused-ring (bicyclic) bond motifs is 1. The molecule has 32 heavy (non-hydrogen) atoms. The Hall–Kier alpha value is -3.26. The summed E-state index contributed by atoms with van der Waals surface area (Å²) in [5.74, 6) is -0.441. The van der Waals surface area contributed by atoms with E-state index in [0.717, 1.165) is 12.1 Å². The number of primary amides is 1. The lowest BCUT2D eigenvalue weighted by Crippen LogP contribution is -2.19. The summed E-state index contributed by atoms with van der Waals surface area (Å²) in [6.07, 6.45) is 0.376. The summed E-state index contributed by atoms with van der Waals surface area (Å²) in [5.41, 5.74) is 6.77. The number of anilines is 1. The van der Waals surface area contributed by atoms with Crippen molar-refractivity contribution in [2.24, 2.45) is 5.73 Å². The highest BCUT2D eigenvalue weighted by molar-refractivity contribution is 8.45. The lowest BCUT2D eigenvalue weighted by atomic mass is 9.95. The van der Waals surface area contributed by atoms with E-state index in [9.17, 15) is 29.5 Å². The zero-order valence-corrected chi connectivity index (χ0v) is 18.2. The summed E-state index contributed by atoms with van der Waals surface area (Å²) in [5, 5.41) is 12.4. The van der Waals surface area contributed by atoms with Crippen LogP contribution in [0.5, 0.6) is 5.75 Å². The lowest BCUT2D eigenvalue weighted by Gasteiger charge is -2.40. The van der Waals surface area contributed by atoms with Crippen LogP contribution in [0.3, 0.4) is 0 Å². The normalized spacial score (nSPS) is 14.4. The molecule has 1 aliphatic heterocycles. The summed E-state index contributed by atoms with van der Waals surface area (Å²) >= 11 is 0. The fraction of sp³-hybridized carbons (Fsp3) is 0.238. The van der Waals surface area contributed by atoms with Gasteiger partial charge in [0.1, 0.15) is 16.7 Å². The average molecular weight is 475 g/mol. The van der Waals surface area contributed by atoms with E-state index in [0.29, 0.717) is 35.4 Å². The van der Waals surface area contributed by atoms with Crippen molar-refractivity contribution in [3.8, 4) is 22.9 Å². The second kappa shape index (κ2) is 8.02. The summed E-state index contributed by atoms with van der Waals surface area (Å²) in [6.45, 7) is 7.69. The van der Waals surface area contributed by atoms with Crippen LogP contribution in [0.25, 0.3) is 11.1 Å². The molecule has 3 N–H and O–H groups in total. The molecule has 0 aromatic heterocycles. The number of carbonyl (C=O) groups is 1. The van der Waals surface area contributed by atoms with Crippen LogP contribution < -0.4 is 15.8 Å². The average Bonchev–Trinajstić information content (AvgIpc) is 3.20. The molecule has 1 aliphatic rings. The Morgan fingerprint density at radius 3 is 2.31 bits per heavy atom. The van der Waals surface area contributed by atoms with E-state index in [4.69, 9.17) is 10.5 Å². The highest BCUT2D eigenvalue weighted by atomic mass is 32.5. The van der Waals surface area contributed by atoms with Gasteiger partial charge in [-0.15, -0.1) is 0 Å². The first-order valence-electron chi connectivity index (χ1n) is 9.50. The molecule has 0 unspecified atom stereocenters. The van der Waals surface area contributed by atoms with Gasteiger partial charge in [-0.25, -0.2) is 0 Å². The molecule has 0 bridgehead atoms. The van der Waals surface area contributed by atoms with Gasteiger partial charge < -0.3 is 15.8 Å². The first kappa shape index (κ1) is 25.0. The minimum atomic E-state index is -9.79. The van der Waals surface area contributed by atoms with Crippen LogP contribution in [-0.2, 0) is 11.2 Å². The van der Waals surface area contributed by atoms with Crippen molar-refractivity contribution in [2.45, 2.75) is 25.2 Å². The summed E-state index contributed by atoms with van der Waals surface area (Å²) in [7, 11) is -9.79. The number of carbonyl (C=O) groups excluding carboxylic acids is 1. The molecule has 0 radical (unpaired) electrons. The number of nitrogens with one attached hydrogen (secondary N) is 1. The highest BCUT2D eigenvalue weighted by Gasteiger charge is 2.65. The number of nitriles is 1. The van der Waals surface area contributed by atoms with E-state index < -0.39 is 21.0 Å². The molecule has 174 valence electrons. The van der Waals surface area contributed by atoms with Gasteiger partial charge in [-0.05, 0) is 23.8 Å². The van der Waals surface area contributed by atoms with Crippen molar-refractivity contribution in [2.75, 3.05) is 18.5 Å². The molecule has 1 heterocycles. The van der Waals surface area contributed by atoms with Crippen molar-refractivity contribution in [3.05, 3.63) is 53.6 Å². The Balaban J connectivity index is 0.00000176. The predicted molar refractivity (Wildman–Crippen MR) is 115 cm³/mol. The van der Waals surface area contributed by atoms with Gasteiger partial charge in [-0.2, -0.15) is 5.26 Å². The number of halogens is 5. The van der Waals surface area contributed by atoms with Crippen LogP contribution in [0.15, 0.2) is 47.4 Å².